The summed E-state index contributed by atoms with van der Waals surface area (Å²) in [7, 11) is 0. The van der Waals surface area contributed by atoms with E-state index in [0.29, 0.717) is 11.8 Å². The smallest absolute Gasteiger partial charge is 0.0780 e. The quantitative estimate of drug-likeness (QED) is 0.650. The van der Waals surface area contributed by atoms with Crippen molar-refractivity contribution in [2.45, 2.75) is 53.1 Å². The van der Waals surface area contributed by atoms with Crippen molar-refractivity contribution in [3.8, 4) is 0 Å². The molecule has 13 heavy (non-hydrogen) atoms. The zero-order chi connectivity index (χ0) is 10.0. The molecule has 0 aromatic rings. The van der Waals surface area contributed by atoms with Crippen LogP contribution in [-0.4, -0.2) is 11.2 Å². The summed E-state index contributed by atoms with van der Waals surface area (Å²) in [5, 5.41) is 10.1. The monoisotopic (exact) mass is 182 g/mol. The molecule has 3 atom stereocenters. The lowest BCUT2D eigenvalue weighted by Crippen LogP contribution is -2.32. The molecule has 1 aliphatic carbocycles. The predicted molar refractivity (Wildman–Crippen MR) is 56.6 cm³/mol. The molecular weight excluding hydrogens is 160 g/mol. The molecule has 0 amide bonds. The van der Waals surface area contributed by atoms with Crippen LogP contribution in [0.25, 0.3) is 0 Å². The van der Waals surface area contributed by atoms with Crippen LogP contribution in [0.2, 0.25) is 0 Å². The van der Waals surface area contributed by atoms with Crippen LogP contribution in [-0.2, 0) is 0 Å². The molecule has 76 valence electrons. The minimum atomic E-state index is -0.177. The first-order valence-electron chi connectivity index (χ1n) is 5.48. The van der Waals surface area contributed by atoms with Gasteiger partial charge in [-0.25, -0.2) is 0 Å². The Kier molecular flexibility index (Phi) is 3.55. The van der Waals surface area contributed by atoms with E-state index in [1.54, 1.807) is 0 Å². The molecule has 0 heterocycles. The highest BCUT2D eigenvalue weighted by atomic mass is 16.3. The lowest BCUT2D eigenvalue weighted by Gasteiger charge is -2.35. The fourth-order valence-electron chi connectivity index (χ4n) is 2.59. The second-order valence-electron chi connectivity index (χ2n) is 4.34. The fourth-order valence-corrected chi connectivity index (χ4v) is 2.59. The molecule has 0 saturated heterocycles. The lowest BCUT2D eigenvalue weighted by molar-refractivity contribution is 0.0910. The van der Waals surface area contributed by atoms with Gasteiger partial charge in [-0.1, -0.05) is 32.8 Å². The molecule has 1 N–H and O–H groups in total. The van der Waals surface area contributed by atoms with Gasteiger partial charge in [-0.05, 0) is 37.2 Å². The largest absolute Gasteiger partial charge is 0.388 e. The Labute approximate surface area is 81.9 Å². The first-order chi connectivity index (χ1) is 6.11. The third-order valence-electron chi connectivity index (χ3n) is 3.60. The molecule has 0 aliphatic heterocycles. The summed E-state index contributed by atoms with van der Waals surface area (Å²) >= 11 is 0. The Morgan fingerprint density at radius 2 is 2.00 bits per heavy atom. The highest BCUT2D eigenvalue weighted by Gasteiger charge is 2.30. The van der Waals surface area contributed by atoms with Gasteiger partial charge >= 0.3 is 0 Å². The van der Waals surface area contributed by atoms with E-state index in [9.17, 15) is 5.11 Å². The average Bonchev–Trinajstić information content (AvgIpc) is 2.12. The Bertz CT molecular complexity index is 205. The van der Waals surface area contributed by atoms with Crippen molar-refractivity contribution in [1.82, 2.24) is 0 Å². The van der Waals surface area contributed by atoms with Gasteiger partial charge in [-0.3, -0.25) is 0 Å². The topological polar surface area (TPSA) is 20.2 Å². The SMILES string of the molecule is CCC1=C(C)[C@H](O)C(CC)C(C)C1. The zero-order valence-corrected chi connectivity index (χ0v) is 9.30. The van der Waals surface area contributed by atoms with Crippen LogP contribution < -0.4 is 0 Å². The number of allylic oxidation sites excluding steroid dienone is 1. The summed E-state index contributed by atoms with van der Waals surface area (Å²) in [5.41, 5.74) is 2.72. The third kappa shape index (κ3) is 1.96. The minimum Gasteiger partial charge on any atom is -0.388 e. The van der Waals surface area contributed by atoms with E-state index in [0.717, 1.165) is 12.8 Å². The van der Waals surface area contributed by atoms with Gasteiger partial charge in [0.2, 0.25) is 0 Å². The molecule has 0 radical (unpaired) electrons. The third-order valence-corrected chi connectivity index (χ3v) is 3.60. The Morgan fingerprint density at radius 3 is 2.46 bits per heavy atom. The van der Waals surface area contributed by atoms with Crippen LogP contribution in [0.3, 0.4) is 0 Å². The number of rotatable bonds is 2. The van der Waals surface area contributed by atoms with Crippen LogP contribution in [0.1, 0.15) is 47.0 Å². The number of aliphatic hydroxyl groups is 1. The van der Waals surface area contributed by atoms with Crippen molar-refractivity contribution >= 4 is 0 Å². The van der Waals surface area contributed by atoms with Crippen molar-refractivity contribution in [3.63, 3.8) is 0 Å². The van der Waals surface area contributed by atoms with Gasteiger partial charge in [0.05, 0.1) is 6.10 Å². The second kappa shape index (κ2) is 4.28. The van der Waals surface area contributed by atoms with E-state index >= 15 is 0 Å². The Hall–Kier alpha value is -0.300. The molecule has 0 saturated carbocycles. The molecule has 1 rings (SSSR count). The fraction of sp³-hybridized carbons (Fsp3) is 0.833. The van der Waals surface area contributed by atoms with Crippen molar-refractivity contribution in [2.24, 2.45) is 11.8 Å². The standard InChI is InChI=1S/C12H22O/c1-5-10-7-8(3)11(6-2)12(13)9(10)4/h8,11-13H,5-7H2,1-4H3/t8?,11?,12-/m0/s1. The predicted octanol–water partition coefficient (Wildman–Crippen LogP) is 3.14. The normalized spacial score (nSPS) is 35.3. The van der Waals surface area contributed by atoms with Gasteiger partial charge < -0.3 is 5.11 Å². The average molecular weight is 182 g/mol. The minimum absolute atomic E-state index is 0.177. The molecular formula is C12H22O. The van der Waals surface area contributed by atoms with E-state index in [4.69, 9.17) is 0 Å². The van der Waals surface area contributed by atoms with Crippen LogP contribution in [0, 0.1) is 11.8 Å². The summed E-state index contributed by atoms with van der Waals surface area (Å²) in [4.78, 5) is 0. The van der Waals surface area contributed by atoms with Gasteiger partial charge in [0.15, 0.2) is 0 Å². The highest BCUT2D eigenvalue weighted by Crippen LogP contribution is 2.36. The van der Waals surface area contributed by atoms with Gasteiger partial charge in [0.25, 0.3) is 0 Å². The maximum absolute atomic E-state index is 10.1. The van der Waals surface area contributed by atoms with Crippen molar-refractivity contribution in [3.05, 3.63) is 11.1 Å². The van der Waals surface area contributed by atoms with E-state index in [1.165, 1.54) is 17.6 Å². The summed E-state index contributed by atoms with van der Waals surface area (Å²) in [5.74, 6) is 1.13. The second-order valence-corrected chi connectivity index (χ2v) is 4.34. The number of hydrogen-bond donors (Lipinski definition) is 1. The molecule has 1 nitrogen and oxygen atoms in total. The molecule has 0 aromatic carbocycles. The van der Waals surface area contributed by atoms with Gasteiger partial charge in [-0.2, -0.15) is 0 Å². The number of aliphatic hydroxyl groups excluding tert-OH is 1. The van der Waals surface area contributed by atoms with E-state index < -0.39 is 0 Å². The summed E-state index contributed by atoms with van der Waals surface area (Å²) in [6.45, 7) is 8.72. The maximum atomic E-state index is 10.1. The summed E-state index contributed by atoms with van der Waals surface area (Å²) in [6.07, 6.45) is 3.21. The van der Waals surface area contributed by atoms with Gasteiger partial charge in [0.1, 0.15) is 0 Å². The molecule has 0 fully saturated rings. The van der Waals surface area contributed by atoms with Crippen molar-refractivity contribution in [2.75, 3.05) is 0 Å². The van der Waals surface area contributed by atoms with Gasteiger partial charge in [0, 0.05) is 0 Å². The van der Waals surface area contributed by atoms with Crippen LogP contribution in [0.5, 0.6) is 0 Å². The lowest BCUT2D eigenvalue weighted by atomic mass is 9.73. The van der Waals surface area contributed by atoms with Crippen LogP contribution in [0.4, 0.5) is 0 Å². The molecule has 1 aliphatic rings. The molecule has 1 heteroatoms. The van der Waals surface area contributed by atoms with Crippen molar-refractivity contribution in [1.29, 1.82) is 0 Å². The van der Waals surface area contributed by atoms with Crippen LogP contribution in [0.15, 0.2) is 11.1 Å². The van der Waals surface area contributed by atoms with E-state index in [2.05, 4.69) is 27.7 Å². The van der Waals surface area contributed by atoms with E-state index in [-0.39, 0.29) is 6.10 Å². The first-order valence-corrected chi connectivity index (χ1v) is 5.48. The summed E-state index contributed by atoms with van der Waals surface area (Å²) in [6, 6.07) is 0. The Morgan fingerprint density at radius 1 is 1.38 bits per heavy atom. The molecule has 0 aromatic heterocycles. The Balaban J connectivity index is 2.87. The van der Waals surface area contributed by atoms with Gasteiger partial charge in [-0.15, -0.1) is 0 Å². The first kappa shape index (κ1) is 10.8. The molecule has 2 unspecified atom stereocenters. The number of hydrogen-bond acceptors (Lipinski definition) is 1. The van der Waals surface area contributed by atoms with Crippen LogP contribution >= 0.6 is 0 Å². The summed E-state index contributed by atoms with van der Waals surface area (Å²) < 4.78 is 0. The molecule has 0 spiro atoms. The maximum Gasteiger partial charge on any atom is 0.0780 e. The van der Waals surface area contributed by atoms with Crippen molar-refractivity contribution < 1.29 is 5.11 Å². The molecule has 0 bridgehead atoms. The van der Waals surface area contributed by atoms with E-state index in [1.807, 2.05) is 0 Å². The highest BCUT2D eigenvalue weighted by molar-refractivity contribution is 5.21. The zero-order valence-electron chi connectivity index (χ0n) is 9.30.